The number of piperidine rings is 1. The Morgan fingerprint density at radius 3 is 2.86 bits per heavy atom. The van der Waals surface area contributed by atoms with E-state index in [4.69, 9.17) is 5.73 Å². The van der Waals surface area contributed by atoms with Gasteiger partial charge in [0.1, 0.15) is 12.4 Å². The molecule has 7 nitrogen and oxygen atoms in total. The second kappa shape index (κ2) is 5.98. The summed E-state index contributed by atoms with van der Waals surface area (Å²) in [6, 6.07) is 1.93. The molecule has 1 aromatic heterocycles. The standard InChI is InChI=1S/C15H23N5O2/c1-11-8-13(16)20(17-11)10-15(22)18-6-2-4-12(9-18)19-7-3-5-14(19)21/h8,12H,2-7,9-10,16H2,1H3/t12-/m1/s1. The first kappa shape index (κ1) is 14.9. The van der Waals surface area contributed by atoms with Crippen LogP contribution in [0.4, 0.5) is 5.82 Å². The van der Waals surface area contributed by atoms with Gasteiger partial charge in [0.15, 0.2) is 0 Å². The third-order valence-corrected chi connectivity index (χ3v) is 4.52. The first-order valence-corrected chi connectivity index (χ1v) is 7.92. The highest BCUT2D eigenvalue weighted by molar-refractivity contribution is 5.79. The van der Waals surface area contributed by atoms with E-state index in [1.807, 2.05) is 16.7 Å². The number of carbonyl (C=O) groups excluding carboxylic acids is 2. The predicted molar refractivity (Wildman–Crippen MR) is 81.9 cm³/mol. The summed E-state index contributed by atoms with van der Waals surface area (Å²) in [5.74, 6) is 0.756. The Morgan fingerprint density at radius 2 is 2.23 bits per heavy atom. The van der Waals surface area contributed by atoms with E-state index < -0.39 is 0 Å². The van der Waals surface area contributed by atoms with Gasteiger partial charge in [-0.05, 0) is 26.2 Å². The van der Waals surface area contributed by atoms with Gasteiger partial charge in [0.05, 0.1) is 5.69 Å². The van der Waals surface area contributed by atoms with Gasteiger partial charge in [-0.15, -0.1) is 0 Å². The molecule has 0 aliphatic carbocycles. The minimum atomic E-state index is 0.0196. The molecule has 0 aromatic carbocycles. The largest absolute Gasteiger partial charge is 0.384 e. The summed E-state index contributed by atoms with van der Waals surface area (Å²) in [7, 11) is 0. The van der Waals surface area contributed by atoms with Crippen LogP contribution in [-0.2, 0) is 16.1 Å². The lowest BCUT2D eigenvalue weighted by atomic mass is 10.0. The summed E-state index contributed by atoms with van der Waals surface area (Å²) in [5, 5.41) is 4.23. The van der Waals surface area contributed by atoms with Crippen molar-refractivity contribution in [2.45, 2.75) is 45.2 Å². The predicted octanol–water partition coefficient (Wildman–Crippen LogP) is 0.387. The average molecular weight is 305 g/mol. The molecule has 7 heteroatoms. The number of nitrogen functional groups attached to an aromatic ring is 1. The van der Waals surface area contributed by atoms with E-state index in [1.165, 1.54) is 0 Å². The lowest BCUT2D eigenvalue weighted by Gasteiger charge is -2.37. The summed E-state index contributed by atoms with van der Waals surface area (Å²) >= 11 is 0. The lowest BCUT2D eigenvalue weighted by molar-refractivity contribution is -0.138. The zero-order valence-electron chi connectivity index (χ0n) is 13.0. The van der Waals surface area contributed by atoms with E-state index in [0.29, 0.717) is 18.8 Å². The van der Waals surface area contributed by atoms with E-state index in [-0.39, 0.29) is 24.4 Å². The van der Waals surface area contributed by atoms with Gasteiger partial charge in [-0.1, -0.05) is 0 Å². The highest BCUT2D eigenvalue weighted by atomic mass is 16.2. The van der Waals surface area contributed by atoms with Crippen molar-refractivity contribution in [3.05, 3.63) is 11.8 Å². The van der Waals surface area contributed by atoms with E-state index >= 15 is 0 Å². The monoisotopic (exact) mass is 305 g/mol. The van der Waals surface area contributed by atoms with Crippen LogP contribution in [0.25, 0.3) is 0 Å². The molecule has 2 amide bonds. The number of aryl methyl sites for hydroxylation is 1. The Morgan fingerprint density at radius 1 is 1.41 bits per heavy atom. The molecule has 0 bridgehead atoms. The van der Waals surface area contributed by atoms with Crippen LogP contribution in [-0.4, -0.2) is 57.1 Å². The fourth-order valence-electron chi connectivity index (χ4n) is 3.41. The number of nitrogens with two attached hydrogens (primary N) is 1. The average Bonchev–Trinajstić information content (AvgIpc) is 3.05. The fraction of sp³-hybridized carbons (Fsp3) is 0.667. The smallest absolute Gasteiger partial charge is 0.244 e. The third-order valence-electron chi connectivity index (χ3n) is 4.52. The summed E-state index contributed by atoms with van der Waals surface area (Å²) in [5.41, 5.74) is 6.65. The summed E-state index contributed by atoms with van der Waals surface area (Å²) in [6.45, 7) is 4.23. The minimum absolute atomic E-state index is 0.0196. The van der Waals surface area contributed by atoms with Crippen molar-refractivity contribution in [1.82, 2.24) is 19.6 Å². The molecular weight excluding hydrogens is 282 g/mol. The van der Waals surface area contributed by atoms with E-state index in [1.54, 1.807) is 10.7 Å². The van der Waals surface area contributed by atoms with Crippen LogP contribution in [0.15, 0.2) is 6.07 Å². The molecule has 2 saturated heterocycles. The van der Waals surface area contributed by atoms with Crippen molar-refractivity contribution in [2.75, 3.05) is 25.4 Å². The van der Waals surface area contributed by atoms with Crippen LogP contribution < -0.4 is 5.73 Å². The number of likely N-dealkylation sites (tertiary alicyclic amines) is 2. The van der Waals surface area contributed by atoms with Gasteiger partial charge in [0.25, 0.3) is 0 Å². The molecule has 2 N–H and O–H groups in total. The third kappa shape index (κ3) is 2.93. The Balaban J connectivity index is 1.62. The van der Waals surface area contributed by atoms with E-state index in [2.05, 4.69) is 5.10 Å². The molecular formula is C15H23N5O2. The SMILES string of the molecule is Cc1cc(N)n(CC(=O)N2CCC[C@@H](N3CCCC3=O)C2)n1. The van der Waals surface area contributed by atoms with Gasteiger partial charge in [0, 0.05) is 38.2 Å². The van der Waals surface area contributed by atoms with Gasteiger partial charge < -0.3 is 15.5 Å². The molecule has 120 valence electrons. The minimum Gasteiger partial charge on any atom is -0.384 e. The number of hydrogen-bond donors (Lipinski definition) is 1. The van der Waals surface area contributed by atoms with Gasteiger partial charge in [-0.3, -0.25) is 9.59 Å². The zero-order chi connectivity index (χ0) is 15.7. The normalized spacial score (nSPS) is 22.4. The highest BCUT2D eigenvalue weighted by Crippen LogP contribution is 2.21. The highest BCUT2D eigenvalue weighted by Gasteiger charge is 2.32. The van der Waals surface area contributed by atoms with E-state index in [0.717, 1.165) is 38.0 Å². The molecule has 0 spiro atoms. The van der Waals surface area contributed by atoms with E-state index in [9.17, 15) is 9.59 Å². The van der Waals surface area contributed by atoms with Crippen molar-refractivity contribution in [3.8, 4) is 0 Å². The maximum Gasteiger partial charge on any atom is 0.244 e. The molecule has 1 atom stereocenters. The summed E-state index contributed by atoms with van der Waals surface area (Å²) in [4.78, 5) is 28.2. The van der Waals surface area contributed by atoms with Crippen LogP contribution in [0.2, 0.25) is 0 Å². The van der Waals surface area contributed by atoms with Crippen molar-refractivity contribution in [2.24, 2.45) is 0 Å². The van der Waals surface area contributed by atoms with Crippen LogP contribution in [0.1, 0.15) is 31.4 Å². The molecule has 0 radical (unpaired) electrons. The maximum atomic E-state index is 12.5. The van der Waals surface area contributed by atoms with Crippen LogP contribution in [0, 0.1) is 6.92 Å². The molecule has 0 unspecified atom stereocenters. The van der Waals surface area contributed by atoms with Gasteiger partial charge in [-0.2, -0.15) is 5.10 Å². The molecule has 2 aliphatic rings. The number of amides is 2. The molecule has 3 heterocycles. The van der Waals surface area contributed by atoms with Crippen LogP contribution in [0.3, 0.4) is 0 Å². The van der Waals surface area contributed by atoms with Crippen LogP contribution >= 0.6 is 0 Å². The van der Waals surface area contributed by atoms with Crippen molar-refractivity contribution in [1.29, 1.82) is 0 Å². The number of nitrogens with zero attached hydrogens (tertiary/aromatic N) is 4. The van der Waals surface area contributed by atoms with Gasteiger partial charge in [0.2, 0.25) is 11.8 Å². The van der Waals surface area contributed by atoms with Crippen molar-refractivity contribution < 1.29 is 9.59 Å². The Bertz CT molecular complexity index is 582. The number of hydrogen-bond acceptors (Lipinski definition) is 4. The Labute approximate surface area is 130 Å². The Hall–Kier alpha value is -2.05. The number of rotatable bonds is 3. The molecule has 1 aromatic rings. The molecule has 22 heavy (non-hydrogen) atoms. The van der Waals surface area contributed by atoms with Crippen LogP contribution in [0.5, 0.6) is 0 Å². The lowest BCUT2D eigenvalue weighted by Crippen LogP contribution is -2.50. The number of carbonyl (C=O) groups is 2. The molecule has 0 saturated carbocycles. The Kier molecular flexibility index (Phi) is 4.04. The fourth-order valence-corrected chi connectivity index (χ4v) is 3.41. The molecule has 3 rings (SSSR count). The molecule has 2 aliphatic heterocycles. The van der Waals surface area contributed by atoms with Gasteiger partial charge >= 0.3 is 0 Å². The second-order valence-corrected chi connectivity index (χ2v) is 6.19. The first-order chi connectivity index (χ1) is 10.5. The van der Waals surface area contributed by atoms with Crippen molar-refractivity contribution in [3.63, 3.8) is 0 Å². The first-order valence-electron chi connectivity index (χ1n) is 7.92. The topological polar surface area (TPSA) is 84.5 Å². The molecule has 2 fully saturated rings. The summed E-state index contributed by atoms with van der Waals surface area (Å²) < 4.78 is 1.54. The maximum absolute atomic E-state index is 12.5. The quantitative estimate of drug-likeness (QED) is 0.875. The number of aromatic nitrogens is 2. The number of anilines is 1. The summed E-state index contributed by atoms with van der Waals surface area (Å²) in [6.07, 6.45) is 3.51. The zero-order valence-corrected chi connectivity index (χ0v) is 13.0. The van der Waals surface area contributed by atoms with Gasteiger partial charge in [-0.25, -0.2) is 4.68 Å². The van der Waals surface area contributed by atoms with Crippen molar-refractivity contribution >= 4 is 17.6 Å². The second-order valence-electron chi connectivity index (χ2n) is 6.19.